The van der Waals surface area contributed by atoms with Gasteiger partial charge in [-0.05, 0) is 55.7 Å². The fourth-order valence-corrected chi connectivity index (χ4v) is 3.35. The highest BCUT2D eigenvalue weighted by Gasteiger charge is 2.27. The zero-order valence-corrected chi connectivity index (χ0v) is 19.0. The Hall–Kier alpha value is -1.75. The van der Waals surface area contributed by atoms with Crippen molar-refractivity contribution in [3.05, 3.63) is 68.7 Å². The maximum absolute atomic E-state index is 13.1. The monoisotopic (exact) mass is 454 g/mol. The SMILES string of the molecule is CC[C@@H](C)NC(=O)[C@H](C)N(Cc1ccc(Cl)cc1Cl)C(=O)Cc1ccc(Cl)cc1. The summed E-state index contributed by atoms with van der Waals surface area (Å²) in [6, 6.07) is 11.6. The van der Waals surface area contributed by atoms with Crippen LogP contribution in [0.25, 0.3) is 0 Å². The first-order valence-electron chi connectivity index (χ1n) is 9.49. The van der Waals surface area contributed by atoms with Gasteiger partial charge in [-0.2, -0.15) is 0 Å². The van der Waals surface area contributed by atoms with Gasteiger partial charge >= 0.3 is 0 Å². The van der Waals surface area contributed by atoms with Crippen LogP contribution in [0.2, 0.25) is 15.1 Å². The lowest BCUT2D eigenvalue weighted by Gasteiger charge is -2.30. The number of carbonyl (C=O) groups is 2. The summed E-state index contributed by atoms with van der Waals surface area (Å²) in [5.74, 6) is -0.376. The first-order valence-corrected chi connectivity index (χ1v) is 10.6. The standard InChI is InChI=1S/C22H25Cl3N2O2/c1-4-14(2)26-22(29)15(3)27(13-17-7-10-19(24)12-20(17)25)21(28)11-16-5-8-18(23)9-6-16/h5-10,12,14-15H,4,11,13H2,1-3H3,(H,26,29)/t14-,15+/m1/s1. The summed E-state index contributed by atoms with van der Waals surface area (Å²) >= 11 is 18.2. The van der Waals surface area contributed by atoms with E-state index in [0.717, 1.165) is 17.5 Å². The van der Waals surface area contributed by atoms with Crippen LogP contribution in [-0.4, -0.2) is 28.8 Å². The molecule has 2 aromatic carbocycles. The van der Waals surface area contributed by atoms with Crippen LogP contribution in [-0.2, 0) is 22.6 Å². The van der Waals surface area contributed by atoms with E-state index in [1.807, 2.05) is 13.8 Å². The second-order valence-corrected chi connectivity index (χ2v) is 8.33. The van der Waals surface area contributed by atoms with E-state index < -0.39 is 6.04 Å². The van der Waals surface area contributed by atoms with Crippen LogP contribution in [0, 0.1) is 0 Å². The van der Waals surface area contributed by atoms with E-state index >= 15 is 0 Å². The second-order valence-electron chi connectivity index (χ2n) is 7.05. The normalized spacial score (nSPS) is 12.9. The molecule has 0 saturated carbocycles. The highest BCUT2D eigenvalue weighted by atomic mass is 35.5. The molecule has 0 spiro atoms. The summed E-state index contributed by atoms with van der Waals surface area (Å²) in [5.41, 5.74) is 1.55. The number of nitrogens with one attached hydrogen (secondary N) is 1. The van der Waals surface area contributed by atoms with Gasteiger partial charge in [0.2, 0.25) is 11.8 Å². The molecule has 2 atom stereocenters. The van der Waals surface area contributed by atoms with Crippen molar-refractivity contribution in [2.75, 3.05) is 0 Å². The molecular weight excluding hydrogens is 431 g/mol. The molecule has 0 bridgehead atoms. The third-order valence-corrected chi connectivity index (χ3v) is 5.63. The highest BCUT2D eigenvalue weighted by molar-refractivity contribution is 6.35. The predicted octanol–water partition coefficient (Wildman–Crippen LogP) is 5.52. The van der Waals surface area contributed by atoms with Crippen LogP contribution >= 0.6 is 34.8 Å². The Morgan fingerprint density at radius 3 is 2.21 bits per heavy atom. The first kappa shape index (κ1) is 23.5. The van der Waals surface area contributed by atoms with Crippen LogP contribution < -0.4 is 5.32 Å². The van der Waals surface area contributed by atoms with Gasteiger partial charge in [0.05, 0.1) is 6.42 Å². The lowest BCUT2D eigenvalue weighted by Crippen LogP contribution is -2.49. The number of amides is 2. The third kappa shape index (κ3) is 6.91. The zero-order chi connectivity index (χ0) is 21.6. The number of hydrogen-bond donors (Lipinski definition) is 1. The van der Waals surface area contributed by atoms with Crippen molar-refractivity contribution in [3.63, 3.8) is 0 Å². The van der Waals surface area contributed by atoms with Gasteiger partial charge in [-0.1, -0.05) is 59.9 Å². The molecular formula is C22H25Cl3N2O2. The zero-order valence-electron chi connectivity index (χ0n) is 16.7. The highest BCUT2D eigenvalue weighted by Crippen LogP contribution is 2.24. The fourth-order valence-electron chi connectivity index (χ4n) is 2.76. The summed E-state index contributed by atoms with van der Waals surface area (Å²) in [5, 5.41) is 4.51. The molecule has 0 fully saturated rings. The Bertz CT molecular complexity index is 856. The van der Waals surface area contributed by atoms with Gasteiger partial charge in [-0.3, -0.25) is 9.59 Å². The Kier molecular flexibility index (Phi) is 8.81. The minimum absolute atomic E-state index is 0.0253. The topological polar surface area (TPSA) is 49.4 Å². The van der Waals surface area contributed by atoms with Gasteiger partial charge in [-0.25, -0.2) is 0 Å². The van der Waals surface area contributed by atoms with Crippen LogP contribution in [0.5, 0.6) is 0 Å². The summed E-state index contributed by atoms with van der Waals surface area (Å²) in [4.78, 5) is 27.4. The van der Waals surface area contributed by atoms with Gasteiger partial charge in [0.15, 0.2) is 0 Å². The molecule has 0 aliphatic rings. The largest absolute Gasteiger partial charge is 0.352 e. The molecule has 0 heterocycles. The Balaban J connectivity index is 2.26. The molecule has 2 amide bonds. The number of hydrogen-bond acceptors (Lipinski definition) is 2. The lowest BCUT2D eigenvalue weighted by molar-refractivity contribution is -0.140. The first-order chi connectivity index (χ1) is 13.7. The van der Waals surface area contributed by atoms with E-state index in [-0.39, 0.29) is 30.8 Å². The third-order valence-electron chi connectivity index (χ3n) is 4.79. The van der Waals surface area contributed by atoms with E-state index in [1.165, 1.54) is 0 Å². The molecule has 0 aliphatic carbocycles. The molecule has 7 heteroatoms. The van der Waals surface area contributed by atoms with E-state index in [9.17, 15) is 9.59 Å². The maximum atomic E-state index is 13.1. The van der Waals surface area contributed by atoms with Crippen molar-refractivity contribution < 1.29 is 9.59 Å². The van der Waals surface area contributed by atoms with Crippen LogP contribution in [0.1, 0.15) is 38.3 Å². The molecule has 0 radical (unpaired) electrons. The van der Waals surface area contributed by atoms with Crippen LogP contribution in [0.3, 0.4) is 0 Å². The number of carbonyl (C=O) groups excluding carboxylic acids is 2. The van der Waals surface area contributed by atoms with E-state index in [4.69, 9.17) is 34.8 Å². The molecule has 4 nitrogen and oxygen atoms in total. The molecule has 0 unspecified atom stereocenters. The van der Waals surface area contributed by atoms with Crippen molar-refractivity contribution in [3.8, 4) is 0 Å². The summed E-state index contributed by atoms with van der Waals surface area (Å²) in [7, 11) is 0. The van der Waals surface area contributed by atoms with E-state index in [1.54, 1.807) is 54.3 Å². The Labute approximate surface area is 187 Å². The number of nitrogens with zero attached hydrogens (tertiary/aromatic N) is 1. The average Bonchev–Trinajstić information content (AvgIpc) is 2.68. The second kappa shape index (κ2) is 10.9. The Morgan fingerprint density at radius 2 is 1.62 bits per heavy atom. The average molecular weight is 456 g/mol. The van der Waals surface area contributed by atoms with Gasteiger partial charge in [0.25, 0.3) is 0 Å². The number of halogens is 3. The van der Waals surface area contributed by atoms with Gasteiger partial charge in [-0.15, -0.1) is 0 Å². The molecule has 2 rings (SSSR count). The molecule has 2 aromatic rings. The predicted molar refractivity (Wildman–Crippen MR) is 120 cm³/mol. The van der Waals surface area contributed by atoms with Crippen LogP contribution in [0.15, 0.2) is 42.5 Å². The lowest BCUT2D eigenvalue weighted by atomic mass is 10.1. The molecule has 1 N–H and O–H groups in total. The molecule has 29 heavy (non-hydrogen) atoms. The summed E-state index contributed by atoms with van der Waals surface area (Å²) in [6.07, 6.45) is 0.962. The van der Waals surface area contributed by atoms with Crippen molar-refractivity contribution in [2.45, 2.75) is 52.2 Å². The van der Waals surface area contributed by atoms with Crippen molar-refractivity contribution in [1.29, 1.82) is 0 Å². The minimum Gasteiger partial charge on any atom is -0.352 e. The van der Waals surface area contributed by atoms with E-state index in [2.05, 4.69) is 5.32 Å². The van der Waals surface area contributed by atoms with Crippen molar-refractivity contribution in [2.24, 2.45) is 0 Å². The molecule has 0 aliphatic heterocycles. The molecule has 0 saturated heterocycles. The fraction of sp³-hybridized carbons (Fsp3) is 0.364. The van der Waals surface area contributed by atoms with E-state index in [0.29, 0.717) is 15.1 Å². The Morgan fingerprint density at radius 1 is 1.00 bits per heavy atom. The van der Waals surface area contributed by atoms with Crippen LogP contribution in [0.4, 0.5) is 0 Å². The smallest absolute Gasteiger partial charge is 0.242 e. The summed E-state index contributed by atoms with van der Waals surface area (Å²) < 4.78 is 0. The number of benzene rings is 2. The van der Waals surface area contributed by atoms with Crippen molar-refractivity contribution >= 4 is 46.6 Å². The van der Waals surface area contributed by atoms with Gasteiger partial charge in [0.1, 0.15) is 6.04 Å². The quantitative estimate of drug-likeness (QED) is 0.569. The van der Waals surface area contributed by atoms with Crippen molar-refractivity contribution in [1.82, 2.24) is 10.2 Å². The summed E-state index contributed by atoms with van der Waals surface area (Å²) in [6.45, 7) is 5.85. The molecule has 156 valence electrons. The van der Waals surface area contributed by atoms with Gasteiger partial charge in [0, 0.05) is 27.7 Å². The minimum atomic E-state index is -0.657. The molecule has 0 aromatic heterocycles. The van der Waals surface area contributed by atoms with Gasteiger partial charge < -0.3 is 10.2 Å². The number of rotatable bonds is 8. The maximum Gasteiger partial charge on any atom is 0.242 e.